The van der Waals surface area contributed by atoms with Crippen LogP contribution in [0.25, 0.3) is 10.8 Å². The molecule has 2 aromatic rings. The Bertz CT molecular complexity index is 514. The van der Waals surface area contributed by atoms with E-state index in [0.29, 0.717) is 6.61 Å². The maximum atomic E-state index is 6.00. The third-order valence-electron chi connectivity index (χ3n) is 3.30. The summed E-state index contributed by atoms with van der Waals surface area (Å²) in [6, 6.07) is 15.0. The smallest absolute Gasteiger partial charge is 0.0724 e. The summed E-state index contributed by atoms with van der Waals surface area (Å²) in [4.78, 5) is 0. The van der Waals surface area contributed by atoms with Gasteiger partial charge in [0, 0.05) is 0 Å². The van der Waals surface area contributed by atoms with Crippen LogP contribution in [0, 0.1) is 0 Å². The van der Waals surface area contributed by atoms with Crippen LogP contribution in [0.4, 0.5) is 0 Å². The first-order valence-corrected chi connectivity index (χ1v) is 6.72. The molecule has 0 aliphatic heterocycles. The molecule has 0 heterocycles. The molecule has 0 unspecified atom stereocenters. The first kappa shape index (κ1) is 13.1. The van der Waals surface area contributed by atoms with Crippen LogP contribution in [0.2, 0.25) is 0 Å². The van der Waals surface area contributed by atoms with Gasteiger partial charge >= 0.3 is 0 Å². The summed E-state index contributed by atoms with van der Waals surface area (Å²) in [6.45, 7) is 7.22. The van der Waals surface area contributed by atoms with Crippen molar-refractivity contribution in [1.82, 2.24) is 0 Å². The number of ether oxygens (including phenoxy) is 1. The molecule has 0 aromatic heterocycles. The molecule has 0 radical (unpaired) electrons. The Kier molecular flexibility index (Phi) is 4.03. The van der Waals surface area contributed by atoms with Crippen molar-refractivity contribution in [2.45, 2.75) is 45.8 Å². The fourth-order valence-corrected chi connectivity index (χ4v) is 2.28. The van der Waals surface area contributed by atoms with Gasteiger partial charge in [0.15, 0.2) is 0 Å². The van der Waals surface area contributed by atoms with Crippen molar-refractivity contribution >= 4 is 10.8 Å². The molecule has 0 saturated carbocycles. The summed E-state index contributed by atoms with van der Waals surface area (Å²) >= 11 is 0. The highest BCUT2D eigenvalue weighted by Gasteiger charge is 2.16. The van der Waals surface area contributed by atoms with E-state index in [1.54, 1.807) is 0 Å². The zero-order chi connectivity index (χ0) is 13.0. The van der Waals surface area contributed by atoms with E-state index in [2.05, 4.69) is 63.2 Å². The van der Waals surface area contributed by atoms with Gasteiger partial charge in [-0.1, -0.05) is 49.7 Å². The molecule has 0 spiro atoms. The topological polar surface area (TPSA) is 9.23 Å². The number of hydrogen-bond acceptors (Lipinski definition) is 1. The highest BCUT2D eigenvalue weighted by atomic mass is 16.5. The predicted molar refractivity (Wildman–Crippen MR) is 77.7 cm³/mol. The molecule has 0 bridgehead atoms. The van der Waals surface area contributed by atoms with E-state index in [1.807, 2.05) is 0 Å². The van der Waals surface area contributed by atoms with Crippen LogP contribution in [0.3, 0.4) is 0 Å². The Balaban J connectivity index is 2.08. The van der Waals surface area contributed by atoms with E-state index in [1.165, 1.54) is 16.3 Å². The van der Waals surface area contributed by atoms with Crippen molar-refractivity contribution in [3.8, 4) is 0 Å². The summed E-state index contributed by atoms with van der Waals surface area (Å²) in [5, 5.41) is 2.57. The van der Waals surface area contributed by atoms with E-state index in [0.717, 1.165) is 12.8 Å². The molecule has 2 aromatic carbocycles. The quantitative estimate of drug-likeness (QED) is 0.722. The van der Waals surface area contributed by atoms with E-state index < -0.39 is 0 Å². The SMILES string of the molecule is CCCC(C)(C)OCc1ccc2ccccc2c1. The third-order valence-corrected chi connectivity index (χ3v) is 3.30. The minimum absolute atomic E-state index is 0.0274. The molecule has 2 rings (SSSR count). The molecular weight excluding hydrogens is 220 g/mol. The van der Waals surface area contributed by atoms with Gasteiger partial charge in [0.2, 0.25) is 0 Å². The van der Waals surface area contributed by atoms with Gasteiger partial charge in [-0.25, -0.2) is 0 Å². The summed E-state index contributed by atoms with van der Waals surface area (Å²) in [5.74, 6) is 0. The van der Waals surface area contributed by atoms with Crippen LogP contribution >= 0.6 is 0 Å². The van der Waals surface area contributed by atoms with Crippen molar-refractivity contribution < 1.29 is 4.74 Å². The first-order chi connectivity index (χ1) is 8.61. The maximum Gasteiger partial charge on any atom is 0.0724 e. The lowest BCUT2D eigenvalue weighted by Gasteiger charge is -2.24. The van der Waals surface area contributed by atoms with Crippen LogP contribution in [-0.2, 0) is 11.3 Å². The van der Waals surface area contributed by atoms with Crippen LogP contribution in [0.5, 0.6) is 0 Å². The van der Waals surface area contributed by atoms with Gasteiger partial charge < -0.3 is 4.74 Å². The Morgan fingerprint density at radius 3 is 2.44 bits per heavy atom. The monoisotopic (exact) mass is 242 g/mol. The van der Waals surface area contributed by atoms with Gasteiger partial charge in [-0.3, -0.25) is 0 Å². The molecule has 1 nitrogen and oxygen atoms in total. The average molecular weight is 242 g/mol. The van der Waals surface area contributed by atoms with Crippen molar-refractivity contribution in [2.24, 2.45) is 0 Å². The molecule has 18 heavy (non-hydrogen) atoms. The van der Waals surface area contributed by atoms with Crippen molar-refractivity contribution in [3.05, 3.63) is 48.0 Å². The second-order valence-electron chi connectivity index (χ2n) is 5.48. The molecule has 0 amide bonds. The lowest BCUT2D eigenvalue weighted by Crippen LogP contribution is -2.23. The van der Waals surface area contributed by atoms with Crippen molar-refractivity contribution in [3.63, 3.8) is 0 Å². The van der Waals surface area contributed by atoms with E-state index in [-0.39, 0.29) is 5.60 Å². The van der Waals surface area contributed by atoms with Crippen LogP contribution in [0.1, 0.15) is 39.2 Å². The van der Waals surface area contributed by atoms with Gasteiger partial charge in [-0.15, -0.1) is 0 Å². The number of rotatable bonds is 5. The van der Waals surface area contributed by atoms with Crippen LogP contribution < -0.4 is 0 Å². The Hall–Kier alpha value is -1.34. The lowest BCUT2D eigenvalue weighted by molar-refractivity contribution is -0.0352. The number of fused-ring (bicyclic) bond motifs is 1. The largest absolute Gasteiger partial charge is 0.371 e. The van der Waals surface area contributed by atoms with E-state index >= 15 is 0 Å². The molecule has 0 atom stereocenters. The van der Waals surface area contributed by atoms with Crippen molar-refractivity contribution in [2.75, 3.05) is 0 Å². The molecule has 0 N–H and O–H groups in total. The van der Waals surface area contributed by atoms with Crippen LogP contribution in [-0.4, -0.2) is 5.60 Å². The molecule has 0 aliphatic carbocycles. The van der Waals surface area contributed by atoms with Crippen LogP contribution in [0.15, 0.2) is 42.5 Å². The highest BCUT2D eigenvalue weighted by Crippen LogP contribution is 2.21. The number of benzene rings is 2. The minimum Gasteiger partial charge on any atom is -0.371 e. The van der Waals surface area contributed by atoms with Gasteiger partial charge in [0.25, 0.3) is 0 Å². The molecule has 0 aliphatic rings. The third kappa shape index (κ3) is 3.33. The standard InChI is InChI=1S/C17H22O/c1-4-11-17(2,3)18-13-14-9-10-15-7-5-6-8-16(15)12-14/h5-10,12H,4,11,13H2,1-3H3. The summed E-state index contributed by atoms with van der Waals surface area (Å²) < 4.78 is 6.00. The molecule has 96 valence electrons. The van der Waals surface area contributed by atoms with Gasteiger partial charge in [-0.2, -0.15) is 0 Å². The van der Waals surface area contributed by atoms with Gasteiger partial charge in [0.1, 0.15) is 0 Å². The Morgan fingerprint density at radius 2 is 1.72 bits per heavy atom. The second kappa shape index (κ2) is 5.53. The first-order valence-electron chi connectivity index (χ1n) is 6.72. The predicted octanol–water partition coefficient (Wildman–Crippen LogP) is 4.94. The molecule has 0 saturated heterocycles. The highest BCUT2D eigenvalue weighted by molar-refractivity contribution is 5.82. The fraction of sp³-hybridized carbons (Fsp3) is 0.412. The molecule has 0 fully saturated rings. The van der Waals surface area contributed by atoms with Crippen molar-refractivity contribution in [1.29, 1.82) is 0 Å². The summed E-state index contributed by atoms with van der Waals surface area (Å²) in [7, 11) is 0. The molecule has 1 heteroatoms. The fourth-order valence-electron chi connectivity index (χ4n) is 2.28. The molecular formula is C17H22O. The van der Waals surface area contributed by atoms with Gasteiger partial charge in [-0.05, 0) is 42.7 Å². The zero-order valence-corrected chi connectivity index (χ0v) is 11.6. The van der Waals surface area contributed by atoms with E-state index in [4.69, 9.17) is 4.74 Å². The van der Waals surface area contributed by atoms with Gasteiger partial charge in [0.05, 0.1) is 12.2 Å². The minimum atomic E-state index is -0.0274. The van der Waals surface area contributed by atoms with E-state index in [9.17, 15) is 0 Å². The summed E-state index contributed by atoms with van der Waals surface area (Å²) in [6.07, 6.45) is 2.26. The Labute approximate surface area is 110 Å². The maximum absolute atomic E-state index is 6.00. The Morgan fingerprint density at radius 1 is 1.00 bits per heavy atom. The average Bonchev–Trinajstić information content (AvgIpc) is 2.36. The normalized spacial score (nSPS) is 11.9. The lowest BCUT2D eigenvalue weighted by atomic mass is 10.0. The zero-order valence-electron chi connectivity index (χ0n) is 11.6. The second-order valence-corrected chi connectivity index (χ2v) is 5.48. The summed E-state index contributed by atoms with van der Waals surface area (Å²) in [5.41, 5.74) is 1.22. The number of hydrogen-bond donors (Lipinski definition) is 0.